The fourth-order valence-corrected chi connectivity index (χ4v) is 1.85. The number of nitrogens with zero attached hydrogens (tertiary/aromatic N) is 3. The van der Waals surface area contributed by atoms with E-state index in [2.05, 4.69) is 36.3 Å². The molecule has 5 heteroatoms. The van der Waals surface area contributed by atoms with E-state index >= 15 is 0 Å². The van der Waals surface area contributed by atoms with E-state index < -0.39 is 0 Å². The average Bonchev–Trinajstić information content (AvgIpc) is 2.49. The van der Waals surface area contributed by atoms with Gasteiger partial charge in [0.05, 0.1) is 0 Å². The maximum Gasteiger partial charge on any atom is 0.191 e. The van der Waals surface area contributed by atoms with Crippen LogP contribution >= 0.6 is 11.8 Å². The van der Waals surface area contributed by atoms with E-state index in [0.29, 0.717) is 11.3 Å². The van der Waals surface area contributed by atoms with Gasteiger partial charge in [-0.25, -0.2) is 0 Å². The van der Waals surface area contributed by atoms with Crippen molar-refractivity contribution in [3.63, 3.8) is 0 Å². The van der Waals surface area contributed by atoms with Crippen molar-refractivity contribution < 1.29 is 0 Å². The van der Waals surface area contributed by atoms with Crippen LogP contribution in [0.25, 0.3) is 0 Å². The lowest BCUT2D eigenvalue weighted by Crippen LogP contribution is -2.29. The van der Waals surface area contributed by atoms with E-state index in [1.54, 1.807) is 18.1 Å². The molecule has 0 aliphatic heterocycles. The fraction of sp³-hybridized carbons (Fsp3) is 0.778. The molecule has 1 unspecified atom stereocenters. The van der Waals surface area contributed by atoms with Crippen LogP contribution in [-0.2, 0) is 7.05 Å². The Morgan fingerprint density at radius 1 is 1.50 bits per heavy atom. The molecule has 1 N–H and O–H groups in total. The first-order valence-corrected chi connectivity index (χ1v) is 5.71. The van der Waals surface area contributed by atoms with Crippen LogP contribution in [0.4, 0.5) is 0 Å². The molecular formula is C9H18N4S. The largest absolute Gasteiger partial charge is 0.313 e. The summed E-state index contributed by atoms with van der Waals surface area (Å²) in [6.07, 6.45) is 1.73. The molecule has 4 nitrogen and oxygen atoms in total. The maximum absolute atomic E-state index is 4.03. The Morgan fingerprint density at radius 3 is 2.71 bits per heavy atom. The number of thioether (sulfide) groups is 1. The summed E-state index contributed by atoms with van der Waals surface area (Å²) in [6.45, 7) is 7.49. The van der Waals surface area contributed by atoms with Crippen LogP contribution in [-0.4, -0.2) is 32.6 Å². The number of aromatic nitrogens is 3. The van der Waals surface area contributed by atoms with Crippen LogP contribution in [0.3, 0.4) is 0 Å². The predicted molar refractivity (Wildman–Crippen MR) is 59.5 cm³/mol. The van der Waals surface area contributed by atoms with E-state index in [0.717, 1.165) is 11.7 Å². The van der Waals surface area contributed by atoms with Crippen LogP contribution in [0, 0.1) is 0 Å². The molecule has 0 radical (unpaired) electrons. The van der Waals surface area contributed by atoms with Crippen LogP contribution in [0.2, 0.25) is 0 Å². The lowest BCUT2D eigenvalue weighted by atomic mass is 10.3. The van der Waals surface area contributed by atoms with Gasteiger partial charge in [0.15, 0.2) is 5.16 Å². The van der Waals surface area contributed by atoms with Gasteiger partial charge in [0, 0.05) is 24.9 Å². The van der Waals surface area contributed by atoms with E-state index in [9.17, 15) is 0 Å². The zero-order chi connectivity index (χ0) is 10.6. The van der Waals surface area contributed by atoms with Crippen LogP contribution in [0.5, 0.6) is 0 Å². The fourth-order valence-electron chi connectivity index (χ4n) is 1.00. The van der Waals surface area contributed by atoms with E-state index in [1.807, 2.05) is 11.6 Å². The first kappa shape index (κ1) is 11.5. The van der Waals surface area contributed by atoms with Crippen LogP contribution < -0.4 is 5.32 Å². The number of hydrogen-bond donors (Lipinski definition) is 1. The molecule has 0 spiro atoms. The van der Waals surface area contributed by atoms with Gasteiger partial charge in [-0.1, -0.05) is 32.5 Å². The second-order valence-corrected chi connectivity index (χ2v) is 5.12. The van der Waals surface area contributed by atoms with Gasteiger partial charge >= 0.3 is 0 Å². The summed E-state index contributed by atoms with van der Waals surface area (Å²) in [7, 11) is 1.96. The van der Waals surface area contributed by atoms with Crippen LogP contribution in [0.15, 0.2) is 11.5 Å². The van der Waals surface area contributed by atoms with Gasteiger partial charge in [0.1, 0.15) is 6.33 Å². The van der Waals surface area contributed by atoms with Gasteiger partial charge in [-0.15, -0.1) is 10.2 Å². The average molecular weight is 214 g/mol. The van der Waals surface area contributed by atoms with Gasteiger partial charge < -0.3 is 9.88 Å². The molecule has 1 aromatic heterocycles. The Bertz CT molecular complexity index is 272. The van der Waals surface area contributed by atoms with E-state index in [-0.39, 0.29) is 0 Å². The molecular weight excluding hydrogens is 196 g/mol. The lowest BCUT2D eigenvalue weighted by molar-refractivity contribution is 0.588. The molecule has 0 aromatic carbocycles. The molecule has 1 rings (SSSR count). The van der Waals surface area contributed by atoms with Crippen molar-refractivity contribution >= 4 is 11.8 Å². The minimum Gasteiger partial charge on any atom is -0.313 e. The lowest BCUT2D eigenvalue weighted by Gasteiger charge is -2.13. The van der Waals surface area contributed by atoms with Crippen molar-refractivity contribution in [1.82, 2.24) is 20.1 Å². The third-order valence-electron chi connectivity index (χ3n) is 1.79. The Balaban J connectivity index is 2.34. The van der Waals surface area contributed by atoms with Gasteiger partial charge in [-0.3, -0.25) is 0 Å². The zero-order valence-electron chi connectivity index (χ0n) is 9.19. The highest BCUT2D eigenvalue weighted by atomic mass is 32.2. The van der Waals surface area contributed by atoms with Crippen LogP contribution in [0.1, 0.15) is 20.8 Å². The van der Waals surface area contributed by atoms with Gasteiger partial charge in [-0.2, -0.15) is 0 Å². The molecule has 0 aliphatic rings. The van der Waals surface area contributed by atoms with Crippen molar-refractivity contribution in [3.05, 3.63) is 6.33 Å². The Labute approximate surface area is 89.5 Å². The monoisotopic (exact) mass is 214 g/mol. The van der Waals surface area contributed by atoms with E-state index in [4.69, 9.17) is 0 Å². The van der Waals surface area contributed by atoms with Crippen molar-refractivity contribution in [3.8, 4) is 0 Å². The molecule has 1 heterocycles. The highest BCUT2D eigenvalue weighted by Gasteiger charge is 2.08. The summed E-state index contributed by atoms with van der Waals surface area (Å²) in [5.74, 6) is 0. The molecule has 0 bridgehead atoms. The smallest absolute Gasteiger partial charge is 0.191 e. The third-order valence-corrected chi connectivity index (χ3v) is 2.94. The molecule has 0 saturated heterocycles. The zero-order valence-corrected chi connectivity index (χ0v) is 10.0. The number of aryl methyl sites for hydroxylation is 1. The van der Waals surface area contributed by atoms with Crippen molar-refractivity contribution in [2.24, 2.45) is 7.05 Å². The van der Waals surface area contributed by atoms with Crippen molar-refractivity contribution in [2.45, 2.75) is 37.2 Å². The molecule has 80 valence electrons. The Kier molecular flexibility index (Phi) is 4.41. The molecule has 1 atom stereocenters. The first-order valence-electron chi connectivity index (χ1n) is 4.83. The standard InChI is InChI=1S/C9H18N4S/c1-7(2)10-5-8(3)14-9-12-11-6-13(9)4/h6-8,10H,5H2,1-4H3. The second-order valence-electron chi connectivity index (χ2n) is 3.72. The van der Waals surface area contributed by atoms with Crippen molar-refractivity contribution in [1.29, 1.82) is 0 Å². The van der Waals surface area contributed by atoms with Gasteiger partial charge in [0.25, 0.3) is 0 Å². The molecule has 0 saturated carbocycles. The minimum atomic E-state index is 0.514. The van der Waals surface area contributed by atoms with Gasteiger partial charge in [0.2, 0.25) is 0 Å². The quantitative estimate of drug-likeness (QED) is 0.750. The number of nitrogens with one attached hydrogen (secondary N) is 1. The molecule has 1 aromatic rings. The summed E-state index contributed by atoms with van der Waals surface area (Å²) in [6, 6.07) is 0.539. The highest BCUT2D eigenvalue weighted by Crippen LogP contribution is 2.19. The molecule has 0 aliphatic carbocycles. The molecule has 14 heavy (non-hydrogen) atoms. The summed E-state index contributed by atoms with van der Waals surface area (Å²) in [4.78, 5) is 0. The summed E-state index contributed by atoms with van der Waals surface area (Å²) < 4.78 is 1.94. The first-order chi connectivity index (χ1) is 6.59. The summed E-state index contributed by atoms with van der Waals surface area (Å²) >= 11 is 1.75. The topological polar surface area (TPSA) is 42.7 Å². The number of rotatable bonds is 5. The summed E-state index contributed by atoms with van der Waals surface area (Å²) in [5.41, 5.74) is 0. The SMILES string of the molecule is CC(C)NCC(C)Sc1nncn1C. The Morgan fingerprint density at radius 2 is 2.21 bits per heavy atom. The van der Waals surface area contributed by atoms with E-state index in [1.165, 1.54) is 0 Å². The predicted octanol–water partition coefficient (Wildman–Crippen LogP) is 1.29. The van der Waals surface area contributed by atoms with Crippen molar-refractivity contribution in [2.75, 3.05) is 6.54 Å². The van der Waals surface area contributed by atoms with Gasteiger partial charge in [-0.05, 0) is 0 Å². The second kappa shape index (κ2) is 5.36. The Hall–Kier alpha value is -0.550. The molecule has 0 amide bonds. The normalized spacial score (nSPS) is 13.5. The third kappa shape index (κ3) is 3.67. The maximum atomic E-state index is 4.03. The number of hydrogen-bond acceptors (Lipinski definition) is 4. The molecule has 0 fully saturated rings. The minimum absolute atomic E-state index is 0.514. The summed E-state index contributed by atoms with van der Waals surface area (Å²) in [5, 5.41) is 12.8. The highest BCUT2D eigenvalue weighted by molar-refractivity contribution is 7.99.